The van der Waals surface area contributed by atoms with E-state index in [9.17, 15) is 18.0 Å². The van der Waals surface area contributed by atoms with Crippen LogP contribution in [-0.2, 0) is 26.0 Å². The summed E-state index contributed by atoms with van der Waals surface area (Å²) in [4.78, 5) is 26.6. The maximum atomic E-state index is 13.2. The van der Waals surface area contributed by atoms with Crippen LogP contribution in [0.15, 0.2) is 41.3 Å². The molecule has 0 saturated heterocycles. The number of benzene rings is 2. The number of ether oxygens (including phenoxy) is 2. The molecule has 1 atom stereocenters. The zero-order chi connectivity index (χ0) is 25.0. The molecule has 2 aromatic rings. The van der Waals surface area contributed by atoms with E-state index in [1.807, 2.05) is 13.8 Å². The van der Waals surface area contributed by atoms with Crippen molar-refractivity contribution < 1.29 is 27.5 Å². The fourth-order valence-electron chi connectivity index (χ4n) is 3.94. The lowest BCUT2D eigenvalue weighted by Gasteiger charge is -2.21. The second-order valence-electron chi connectivity index (χ2n) is 8.57. The van der Waals surface area contributed by atoms with E-state index >= 15 is 0 Å². The number of sulfonamides is 1. The van der Waals surface area contributed by atoms with Crippen LogP contribution in [0, 0.1) is 5.92 Å². The summed E-state index contributed by atoms with van der Waals surface area (Å²) in [5.41, 5.74) is 1.87. The lowest BCUT2D eigenvalue weighted by atomic mass is 10.0. The molecule has 2 aromatic carbocycles. The van der Waals surface area contributed by atoms with Gasteiger partial charge in [-0.15, -0.1) is 0 Å². The van der Waals surface area contributed by atoms with Crippen molar-refractivity contribution in [3.05, 3.63) is 42.0 Å². The van der Waals surface area contributed by atoms with Gasteiger partial charge in [0, 0.05) is 25.2 Å². The molecule has 0 bridgehead atoms. The van der Waals surface area contributed by atoms with Crippen LogP contribution in [0.5, 0.6) is 11.5 Å². The second-order valence-corrected chi connectivity index (χ2v) is 10.3. The van der Waals surface area contributed by atoms with E-state index in [4.69, 9.17) is 9.47 Å². The third-order valence-corrected chi connectivity index (χ3v) is 7.09. The summed E-state index contributed by atoms with van der Waals surface area (Å²) < 4.78 is 39.5. The van der Waals surface area contributed by atoms with Gasteiger partial charge in [0.1, 0.15) is 17.5 Å². The highest BCUT2D eigenvalue weighted by molar-refractivity contribution is 7.89. The molecule has 184 valence electrons. The largest absolute Gasteiger partial charge is 0.497 e. The summed E-state index contributed by atoms with van der Waals surface area (Å²) in [6, 6.07) is 8.61. The van der Waals surface area contributed by atoms with Crippen LogP contribution in [-0.4, -0.2) is 47.0 Å². The molecule has 0 fully saturated rings. The van der Waals surface area contributed by atoms with Gasteiger partial charge in [-0.1, -0.05) is 13.8 Å². The summed E-state index contributed by atoms with van der Waals surface area (Å²) in [5, 5.41) is 2.76. The van der Waals surface area contributed by atoms with Gasteiger partial charge in [0.15, 0.2) is 0 Å². The zero-order valence-electron chi connectivity index (χ0n) is 20.0. The quantitative estimate of drug-likeness (QED) is 0.560. The Morgan fingerprint density at radius 3 is 2.44 bits per heavy atom. The number of carbonyl (C=O) groups is 2. The third kappa shape index (κ3) is 5.68. The first-order chi connectivity index (χ1) is 16.1. The number of hydrogen-bond donors (Lipinski definition) is 2. The van der Waals surface area contributed by atoms with E-state index in [2.05, 4.69) is 10.0 Å². The lowest BCUT2D eigenvalue weighted by Crippen LogP contribution is -2.44. The molecule has 3 rings (SSSR count). The van der Waals surface area contributed by atoms with Crippen molar-refractivity contribution in [2.45, 2.75) is 44.6 Å². The highest BCUT2D eigenvalue weighted by Gasteiger charge is 2.29. The summed E-state index contributed by atoms with van der Waals surface area (Å²) in [7, 11) is -1.01. The smallest absolute Gasteiger partial charge is 0.242 e. The van der Waals surface area contributed by atoms with Crippen molar-refractivity contribution in [1.29, 1.82) is 0 Å². The molecular formula is C24H31N3O6S. The van der Waals surface area contributed by atoms with E-state index in [-0.39, 0.29) is 16.7 Å². The molecule has 10 heteroatoms. The SMILES string of the molecule is COc1ccc(OC)c(NC(=O)[C@@H](CC(C)C)NS(=O)(=O)c2ccc3c(c2)CCN3C(C)=O)c1. The molecule has 1 aliphatic rings. The Morgan fingerprint density at radius 1 is 1.09 bits per heavy atom. The molecule has 0 aliphatic carbocycles. The first kappa shape index (κ1) is 25.5. The molecule has 9 nitrogen and oxygen atoms in total. The van der Waals surface area contributed by atoms with Crippen molar-refractivity contribution >= 4 is 33.2 Å². The van der Waals surface area contributed by atoms with Gasteiger partial charge in [-0.05, 0) is 54.7 Å². The van der Waals surface area contributed by atoms with Gasteiger partial charge in [0.05, 0.1) is 24.8 Å². The summed E-state index contributed by atoms with van der Waals surface area (Å²) in [6.45, 7) is 5.81. The van der Waals surface area contributed by atoms with Crippen LogP contribution in [0.2, 0.25) is 0 Å². The van der Waals surface area contributed by atoms with Gasteiger partial charge in [0.25, 0.3) is 0 Å². The monoisotopic (exact) mass is 489 g/mol. The van der Waals surface area contributed by atoms with Crippen LogP contribution in [0.25, 0.3) is 0 Å². The van der Waals surface area contributed by atoms with Gasteiger partial charge in [-0.2, -0.15) is 4.72 Å². The van der Waals surface area contributed by atoms with Crippen molar-refractivity contribution in [2.24, 2.45) is 5.92 Å². The summed E-state index contributed by atoms with van der Waals surface area (Å²) >= 11 is 0. The van der Waals surface area contributed by atoms with Crippen LogP contribution in [0.4, 0.5) is 11.4 Å². The number of carbonyl (C=O) groups excluding carboxylic acids is 2. The highest BCUT2D eigenvalue weighted by Crippen LogP contribution is 2.31. The maximum absolute atomic E-state index is 13.2. The zero-order valence-corrected chi connectivity index (χ0v) is 20.9. The predicted molar refractivity (Wildman–Crippen MR) is 130 cm³/mol. The van der Waals surface area contributed by atoms with Crippen molar-refractivity contribution in [3.8, 4) is 11.5 Å². The maximum Gasteiger partial charge on any atom is 0.242 e. The molecule has 0 saturated carbocycles. The fourth-order valence-corrected chi connectivity index (χ4v) is 5.20. The van der Waals surface area contributed by atoms with Crippen LogP contribution in [0.3, 0.4) is 0 Å². The fraction of sp³-hybridized carbons (Fsp3) is 0.417. The first-order valence-corrected chi connectivity index (χ1v) is 12.5. The number of amides is 2. The number of methoxy groups -OCH3 is 2. The number of hydrogen-bond acceptors (Lipinski definition) is 6. The van der Waals surface area contributed by atoms with Gasteiger partial charge in [-0.3, -0.25) is 9.59 Å². The second kappa shape index (κ2) is 10.4. The Bertz CT molecular complexity index is 1180. The highest BCUT2D eigenvalue weighted by atomic mass is 32.2. The Labute approximate surface area is 200 Å². The topological polar surface area (TPSA) is 114 Å². The van der Waals surface area contributed by atoms with E-state index in [0.717, 1.165) is 5.56 Å². The molecule has 0 aromatic heterocycles. The average Bonchev–Trinajstić information content (AvgIpc) is 3.21. The molecule has 0 radical (unpaired) electrons. The molecule has 1 heterocycles. The molecule has 2 amide bonds. The van der Waals surface area contributed by atoms with E-state index in [1.54, 1.807) is 35.2 Å². The van der Waals surface area contributed by atoms with E-state index in [1.165, 1.54) is 27.2 Å². The van der Waals surface area contributed by atoms with Gasteiger partial charge in [0.2, 0.25) is 21.8 Å². The average molecular weight is 490 g/mol. The van der Waals surface area contributed by atoms with Crippen molar-refractivity contribution in [2.75, 3.05) is 31.0 Å². The number of fused-ring (bicyclic) bond motifs is 1. The Balaban J connectivity index is 1.85. The van der Waals surface area contributed by atoms with Crippen molar-refractivity contribution in [3.63, 3.8) is 0 Å². The number of nitrogens with zero attached hydrogens (tertiary/aromatic N) is 1. The minimum Gasteiger partial charge on any atom is -0.497 e. The minimum atomic E-state index is -4.00. The molecule has 0 unspecified atom stereocenters. The normalized spacial score (nSPS) is 14.0. The Kier molecular flexibility index (Phi) is 7.83. The number of rotatable bonds is 9. The summed E-state index contributed by atoms with van der Waals surface area (Å²) in [6.07, 6.45) is 0.865. The van der Waals surface area contributed by atoms with Crippen LogP contribution in [0.1, 0.15) is 32.8 Å². The van der Waals surface area contributed by atoms with Gasteiger partial charge in [-0.25, -0.2) is 8.42 Å². The Hall–Kier alpha value is -3.11. The number of nitrogens with one attached hydrogen (secondary N) is 2. The standard InChI is InChI=1S/C24H31N3O6S/c1-15(2)12-21(24(29)25-20-14-18(32-4)6-9-23(20)33-5)26-34(30,31)19-7-8-22-17(13-19)10-11-27(22)16(3)28/h6-9,13-15,21,26H,10-12H2,1-5H3,(H,25,29)/t21-/m1/s1. The lowest BCUT2D eigenvalue weighted by molar-refractivity contribution is -0.118. The molecular weight excluding hydrogens is 458 g/mol. The summed E-state index contributed by atoms with van der Waals surface area (Å²) in [5.74, 6) is 0.403. The predicted octanol–water partition coefficient (Wildman–Crippen LogP) is 2.94. The van der Waals surface area contributed by atoms with Gasteiger partial charge >= 0.3 is 0 Å². The van der Waals surface area contributed by atoms with Gasteiger partial charge < -0.3 is 19.7 Å². The first-order valence-electron chi connectivity index (χ1n) is 11.0. The van der Waals surface area contributed by atoms with E-state index < -0.39 is 22.0 Å². The number of anilines is 2. The van der Waals surface area contributed by atoms with E-state index in [0.29, 0.717) is 42.3 Å². The van der Waals surface area contributed by atoms with Crippen LogP contribution >= 0.6 is 0 Å². The molecule has 1 aliphatic heterocycles. The molecule has 0 spiro atoms. The minimum absolute atomic E-state index is 0.0507. The van der Waals surface area contributed by atoms with Crippen molar-refractivity contribution in [1.82, 2.24) is 4.72 Å². The molecule has 2 N–H and O–H groups in total. The molecule has 34 heavy (non-hydrogen) atoms. The van der Waals surface area contributed by atoms with Crippen LogP contribution < -0.4 is 24.4 Å². The third-order valence-electron chi connectivity index (χ3n) is 5.62. The Morgan fingerprint density at radius 2 is 1.82 bits per heavy atom.